The van der Waals surface area contributed by atoms with Crippen LogP contribution >= 0.6 is 0 Å². The highest BCUT2D eigenvalue weighted by atomic mass is 16.7. The van der Waals surface area contributed by atoms with Gasteiger partial charge in [0.25, 0.3) is 5.91 Å². The Morgan fingerprint density at radius 2 is 1.75 bits per heavy atom. The molecule has 15 unspecified atom stereocenters. The molecule has 2 heterocycles. The molecular formula is C26H52N6O12. The maximum Gasteiger partial charge on any atom is 0.251 e. The average Bonchev–Trinajstić information content (AvgIpc) is 2.98. The number of nitrogens with one attached hydrogen (secondary N) is 3. The van der Waals surface area contributed by atoms with Crippen molar-refractivity contribution in [1.82, 2.24) is 16.0 Å². The van der Waals surface area contributed by atoms with Gasteiger partial charge in [-0.1, -0.05) is 0 Å². The normalized spacial score (nSPS) is 42.0. The first-order valence-corrected chi connectivity index (χ1v) is 15.0. The second-order valence-corrected chi connectivity index (χ2v) is 12.0. The van der Waals surface area contributed by atoms with Crippen molar-refractivity contribution in [3.63, 3.8) is 0 Å². The topological polar surface area (TPSA) is 310 Å². The van der Waals surface area contributed by atoms with Crippen molar-refractivity contribution in [2.24, 2.45) is 17.2 Å². The van der Waals surface area contributed by atoms with Crippen LogP contribution in [0.4, 0.5) is 0 Å². The molecule has 1 amide bonds. The SMILES string of the molecule is CNC1C(O)C(OC2C(NC(=O)C(O)C(O)C(O)CN)CC(N)C(OC3OC(CNCCO)CCC3N)C2O)OCC1(C)O. The van der Waals surface area contributed by atoms with Gasteiger partial charge in [-0.2, -0.15) is 0 Å². The van der Waals surface area contributed by atoms with Crippen molar-refractivity contribution in [2.45, 2.75) is 117 Å². The second-order valence-electron chi connectivity index (χ2n) is 12.0. The Bertz CT molecular complexity index is 894. The highest BCUT2D eigenvalue weighted by molar-refractivity contribution is 5.81. The fourth-order valence-corrected chi connectivity index (χ4v) is 5.88. The van der Waals surface area contributed by atoms with Crippen molar-refractivity contribution >= 4 is 5.91 Å². The van der Waals surface area contributed by atoms with Crippen LogP contribution in [0, 0.1) is 0 Å². The maximum absolute atomic E-state index is 12.9. The minimum Gasteiger partial charge on any atom is -0.395 e. The monoisotopic (exact) mass is 640 g/mol. The van der Waals surface area contributed by atoms with E-state index in [1.54, 1.807) is 0 Å². The van der Waals surface area contributed by atoms with Crippen molar-refractivity contribution in [3.8, 4) is 0 Å². The van der Waals surface area contributed by atoms with Gasteiger partial charge in [0.2, 0.25) is 0 Å². The molecule has 0 aromatic carbocycles. The molecule has 3 aliphatic rings. The lowest BCUT2D eigenvalue weighted by Gasteiger charge is -2.49. The third-order valence-electron chi connectivity index (χ3n) is 8.46. The third kappa shape index (κ3) is 9.00. The van der Waals surface area contributed by atoms with E-state index in [1.807, 2.05) is 0 Å². The number of hydrogen-bond donors (Lipinski definition) is 13. The summed E-state index contributed by atoms with van der Waals surface area (Å²) in [6.45, 7) is 1.60. The van der Waals surface area contributed by atoms with E-state index < -0.39 is 97.5 Å². The van der Waals surface area contributed by atoms with Gasteiger partial charge in [0.1, 0.15) is 36.1 Å². The summed E-state index contributed by atoms with van der Waals surface area (Å²) in [6, 6.07) is -3.46. The summed E-state index contributed by atoms with van der Waals surface area (Å²) in [5, 5.41) is 80.8. The molecule has 15 atom stereocenters. The number of likely N-dealkylation sites (N-methyl/N-ethyl adjacent to an activating group) is 1. The Balaban J connectivity index is 1.81. The number of carbonyl (C=O) groups excluding carboxylic acids is 1. The Labute approximate surface area is 256 Å². The van der Waals surface area contributed by atoms with Crippen LogP contribution < -0.4 is 33.2 Å². The molecule has 0 radical (unpaired) electrons. The Morgan fingerprint density at radius 3 is 2.39 bits per heavy atom. The van der Waals surface area contributed by atoms with Crippen LogP contribution in [0.5, 0.6) is 0 Å². The summed E-state index contributed by atoms with van der Waals surface area (Å²) in [7, 11) is 1.54. The van der Waals surface area contributed by atoms with E-state index in [0.29, 0.717) is 25.9 Å². The number of carbonyl (C=O) groups is 1. The van der Waals surface area contributed by atoms with E-state index >= 15 is 0 Å². The van der Waals surface area contributed by atoms with Crippen molar-refractivity contribution in [3.05, 3.63) is 0 Å². The van der Waals surface area contributed by atoms with Gasteiger partial charge >= 0.3 is 0 Å². The van der Waals surface area contributed by atoms with Crippen molar-refractivity contribution in [1.29, 1.82) is 0 Å². The van der Waals surface area contributed by atoms with Crippen LogP contribution in [0.1, 0.15) is 26.2 Å². The first kappa shape index (κ1) is 37.3. The van der Waals surface area contributed by atoms with E-state index in [9.17, 15) is 35.4 Å². The van der Waals surface area contributed by atoms with Crippen LogP contribution in [0.15, 0.2) is 0 Å². The van der Waals surface area contributed by atoms with Gasteiger partial charge < -0.3 is 87.8 Å². The van der Waals surface area contributed by atoms with E-state index in [1.165, 1.54) is 14.0 Å². The summed E-state index contributed by atoms with van der Waals surface area (Å²) >= 11 is 0. The van der Waals surface area contributed by atoms with Gasteiger partial charge in [-0.3, -0.25) is 4.79 Å². The minimum atomic E-state index is -2.08. The Morgan fingerprint density at radius 1 is 1.07 bits per heavy atom. The average molecular weight is 641 g/mol. The highest BCUT2D eigenvalue weighted by Crippen LogP contribution is 2.32. The van der Waals surface area contributed by atoms with E-state index in [2.05, 4.69) is 16.0 Å². The smallest absolute Gasteiger partial charge is 0.251 e. The summed E-state index contributed by atoms with van der Waals surface area (Å²) in [5.41, 5.74) is 16.6. The summed E-state index contributed by atoms with van der Waals surface area (Å²) in [6.07, 6.45) is -12.5. The van der Waals surface area contributed by atoms with E-state index in [-0.39, 0.29) is 25.7 Å². The fourth-order valence-electron chi connectivity index (χ4n) is 5.88. The van der Waals surface area contributed by atoms with Gasteiger partial charge in [-0.25, -0.2) is 0 Å². The number of aliphatic hydroxyl groups excluding tert-OH is 6. The van der Waals surface area contributed by atoms with Crippen molar-refractivity contribution in [2.75, 3.05) is 39.9 Å². The molecule has 0 spiro atoms. The summed E-state index contributed by atoms with van der Waals surface area (Å²) in [5.74, 6) is -1.10. The number of nitrogens with two attached hydrogens (primary N) is 3. The molecule has 44 heavy (non-hydrogen) atoms. The molecule has 2 aliphatic heterocycles. The van der Waals surface area contributed by atoms with Gasteiger partial charge in [-0.05, 0) is 33.2 Å². The van der Waals surface area contributed by atoms with Crippen LogP contribution in [0.2, 0.25) is 0 Å². The largest absolute Gasteiger partial charge is 0.395 e. The van der Waals surface area contributed by atoms with Crippen LogP contribution in [0.25, 0.3) is 0 Å². The molecule has 0 aromatic rings. The molecule has 3 rings (SSSR count). The van der Waals surface area contributed by atoms with E-state index in [0.717, 1.165) is 0 Å². The van der Waals surface area contributed by atoms with Crippen LogP contribution in [-0.2, 0) is 23.7 Å². The molecular weight excluding hydrogens is 588 g/mol. The standard InChI is InChI=1S/C26H52N6O12/c1-26(40)10-41-25(19(38)22(26)30-2)44-21-14(32-23(39)17(36)16(35)15(34)8-27)7-13(29)20(18(21)37)43-24-12(28)4-3-11(42-24)9-31-5-6-33/h11-22,24-25,30-31,33-38,40H,3-10,27-29H2,1-2H3,(H,32,39). The molecule has 18 nitrogen and oxygen atoms in total. The third-order valence-corrected chi connectivity index (χ3v) is 8.46. The van der Waals surface area contributed by atoms with Gasteiger partial charge in [0, 0.05) is 25.7 Å². The molecule has 258 valence electrons. The molecule has 0 aromatic heterocycles. The van der Waals surface area contributed by atoms with E-state index in [4.69, 9.17) is 41.3 Å². The number of aliphatic hydroxyl groups is 7. The van der Waals surface area contributed by atoms with Crippen LogP contribution in [0.3, 0.4) is 0 Å². The Kier molecular flexibility index (Phi) is 14.1. The van der Waals surface area contributed by atoms with Gasteiger partial charge in [0.15, 0.2) is 18.7 Å². The van der Waals surface area contributed by atoms with Crippen LogP contribution in [-0.4, -0.2) is 173 Å². The zero-order valence-electron chi connectivity index (χ0n) is 25.1. The summed E-state index contributed by atoms with van der Waals surface area (Å²) < 4.78 is 23.8. The molecule has 18 heteroatoms. The molecule has 1 aliphatic carbocycles. The number of amides is 1. The predicted molar refractivity (Wildman–Crippen MR) is 152 cm³/mol. The number of ether oxygens (including phenoxy) is 4. The lowest BCUT2D eigenvalue weighted by Crippen LogP contribution is -2.70. The highest BCUT2D eigenvalue weighted by Gasteiger charge is 2.52. The molecule has 1 saturated carbocycles. The maximum atomic E-state index is 12.9. The second kappa shape index (κ2) is 16.6. The lowest BCUT2D eigenvalue weighted by atomic mass is 9.83. The Hall–Kier alpha value is -1.17. The first-order valence-electron chi connectivity index (χ1n) is 15.0. The molecule has 3 fully saturated rings. The zero-order valence-corrected chi connectivity index (χ0v) is 25.1. The number of rotatable bonds is 14. The predicted octanol–water partition coefficient (Wildman–Crippen LogP) is -7.15. The fraction of sp³-hybridized carbons (Fsp3) is 0.962. The molecule has 16 N–H and O–H groups in total. The lowest BCUT2D eigenvalue weighted by molar-refractivity contribution is -0.307. The van der Waals surface area contributed by atoms with Gasteiger partial charge in [-0.15, -0.1) is 0 Å². The zero-order chi connectivity index (χ0) is 32.8. The molecule has 0 bridgehead atoms. The molecule has 2 saturated heterocycles. The number of hydrogen-bond acceptors (Lipinski definition) is 17. The van der Waals surface area contributed by atoms with Gasteiger partial charge in [0.05, 0.1) is 43.5 Å². The first-order chi connectivity index (χ1) is 20.7. The summed E-state index contributed by atoms with van der Waals surface area (Å²) in [4.78, 5) is 12.9. The van der Waals surface area contributed by atoms with Crippen molar-refractivity contribution < 1.29 is 59.5 Å². The minimum absolute atomic E-state index is 0.0377. The quantitative estimate of drug-likeness (QED) is 0.0784.